The van der Waals surface area contributed by atoms with Crippen LogP contribution < -0.4 is 21.0 Å². The third kappa shape index (κ3) is 9.03. The van der Waals surface area contributed by atoms with Crippen molar-refractivity contribution in [3.05, 3.63) is 76.6 Å². The number of rotatable bonds is 5. The van der Waals surface area contributed by atoms with Gasteiger partial charge in [0.15, 0.2) is 5.75 Å². The number of hydrogen-bond donors (Lipinski definition) is 3. The topological polar surface area (TPSA) is 156 Å². The number of amides is 5. The molecule has 1 saturated carbocycles. The number of hydroxylamine groups is 1. The van der Waals surface area contributed by atoms with Gasteiger partial charge in [0.25, 0.3) is 5.91 Å². The molecule has 0 radical (unpaired) electrons. The highest BCUT2D eigenvalue weighted by Gasteiger charge is 2.61. The van der Waals surface area contributed by atoms with Crippen molar-refractivity contribution in [1.82, 2.24) is 25.9 Å². The van der Waals surface area contributed by atoms with Gasteiger partial charge in [-0.2, -0.15) is 5.48 Å². The van der Waals surface area contributed by atoms with E-state index < -0.39 is 65.1 Å². The summed E-state index contributed by atoms with van der Waals surface area (Å²) in [5.74, 6) is -2.24. The van der Waals surface area contributed by atoms with Gasteiger partial charge in [-0.15, -0.1) is 0 Å². The van der Waals surface area contributed by atoms with E-state index in [2.05, 4.69) is 16.1 Å². The molecular formula is C38H45ClFN5O8. The minimum Gasteiger partial charge on any atom is -0.444 e. The summed E-state index contributed by atoms with van der Waals surface area (Å²) in [7, 11) is 0. The number of carbonyl (C=O) groups is 5. The van der Waals surface area contributed by atoms with E-state index in [1.54, 1.807) is 51.1 Å². The third-order valence-electron chi connectivity index (χ3n) is 9.85. The molecule has 13 nitrogen and oxygen atoms in total. The Kier molecular flexibility index (Phi) is 11.2. The molecular weight excluding hydrogens is 709 g/mol. The molecule has 5 atom stereocenters. The molecule has 15 heteroatoms. The Morgan fingerprint density at radius 1 is 1.06 bits per heavy atom. The maximum absolute atomic E-state index is 14.4. The molecule has 1 saturated heterocycles. The van der Waals surface area contributed by atoms with Crippen molar-refractivity contribution >= 4 is 41.5 Å². The number of allylic oxidation sites excluding steroid dienone is 1. The minimum atomic E-state index is -1.38. The predicted molar refractivity (Wildman–Crippen MR) is 191 cm³/mol. The van der Waals surface area contributed by atoms with Crippen molar-refractivity contribution in [2.24, 2.45) is 5.92 Å². The summed E-state index contributed by atoms with van der Waals surface area (Å²) in [6.45, 7) is 5.15. The lowest BCUT2D eigenvalue weighted by Gasteiger charge is -2.30. The molecule has 0 unspecified atom stereocenters. The van der Waals surface area contributed by atoms with Gasteiger partial charge in [0.2, 0.25) is 11.8 Å². The van der Waals surface area contributed by atoms with Crippen LogP contribution in [0.15, 0.2) is 54.6 Å². The Bertz CT molecular complexity index is 1780. The van der Waals surface area contributed by atoms with Gasteiger partial charge in [-0.1, -0.05) is 54.8 Å². The van der Waals surface area contributed by atoms with Crippen molar-refractivity contribution in [3.63, 3.8) is 0 Å². The smallest absolute Gasteiger partial charge is 0.410 e. The molecule has 284 valence electrons. The molecule has 0 bridgehead atoms. The van der Waals surface area contributed by atoms with Crippen LogP contribution >= 0.6 is 11.6 Å². The normalized spacial score (nSPS) is 25.8. The number of fused-ring (bicyclic) bond motifs is 3. The molecule has 3 heterocycles. The van der Waals surface area contributed by atoms with Gasteiger partial charge in [-0.25, -0.2) is 14.0 Å². The van der Waals surface area contributed by atoms with E-state index in [1.165, 1.54) is 21.9 Å². The third-order valence-corrected chi connectivity index (χ3v) is 10.1. The Balaban J connectivity index is 1.24. The van der Waals surface area contributed by atoms with E-state index in [0.29, 0.717) is 28.3 Å². The molecule has 0 aromatic heterocycles. The monoisotopic (exact) mass is 753 g/mol. The quantitative estimate of drug-likeness (QED) is 0.275. The number of halogens is 2. The lowest BCUT2D eigenvalue weighted by Crippen LogP contribution is -2.58. The predicted octanol–water partition coefficient (Wildman–Crippen LogP) is 5.30. The van der Waals surface area contributed by atoms with Crippen LogP contribution in [-0.4, -0.2) is 75.6 Å². The van der Waals surface area contributed by atoms with Gasteiger partial charge in [-0.05, 0) is 70.2 Å². The maximum atomic E-state index is 14.4. The number of ether oxygens (including phenoxy) is 2. The summed E-state index contributed by atoms with van der Waals surface area (Å²) in [5, 5.41) is 6.01. The Morgan fingerprint density at radius 2 is 1.85 bits per heavy atom. The average molecular weight is 754 g/mol. The van der Waals surface area contributed by atoms with E-state index in [0.717, 1.165) is 19.3 Å². The fraction of sp³-hybridized carbons (Fsp3) is 0.500. The Morgan fingerprint density at radius 3 is 2.60 bits per heavy atom. The summed E-state index contributed by atoms with van der Waals surface area (Å²) < 4.78 is 25.7. The SMILES string of the molecule is CC(C)(C)OC(=O)N[C@H]1CCCCCC=C[C@@H]2C[C@@]2(C(=O)NOc2cccc(Cl)c2)NC(=O)[C@@H]2C[C@@H](OC(=O)N3Cc4cccc(F)c4C3)CN2C1=O. The van der Waals surface area contributed by atoms with Crippen LogP contribution in [0.1, 0.15) is 76.8 Å². The molecule has 2 aromatic carbocycles. The van der Waals surface area contributed by atoms with Crippen LogP contribution in [-0.2, 0) is 36.9 Å². The van der Waals surface area contributed by atoms with Crippen LogP contribution in [0.2, 0.25) is 5.02 Å². The lowest BCUT2D eigenvalue weighted by molar-refractivity contribution is -0.142. The Labute approximate surface area is 312 Å². The van der Waals surface area contributed by atoms with Gasteiger partial charge in [0, 0.05) is 35.5 Å². The number of benzene rings is 2. The first-order valence-corrected chi connectivity index (χ1v) is 18.3. The fourth-order valence-electron chi connectivity index (χ4n) is 7.07. The molecule has 0 spiro atoms. The second-order valence-electron chi connectivity index (χ2n) is 15.0. The molecule has 4 aliphatic rings. The zero-order valence-corrected chi connectivity index (χ0v) is 30.7. The minimum absolute atomic E-state index is 0.0196. The summed E-state index contributed by atoms with van der Waals surface area (Å²) in [6.07, 6.45) is 4.85. The zero-order chi connectivity index (χ0) is 37.9. The highest BCUT2D eigenvalue weighted by molar-refractivity contribution is 6.30. The van der Waals surface area contributed by atoms with Crippen molar-refractivity contribution in [3.8, 4) is 5.75 Å². The van der Waals surface area contributed by atoms with E-state index in [1.807, 2.05) is 12.2 Å². The lowest BCUT2D eigenvalue weighted by atomic mass is 10.0. The molecule has 5 amide bonds. The van der Waals surface area contributed by atoms with E-state index in [4.69, 9.17) is 25.9 Å². The number of carbonyl (C=O) groups excluding carboxylic acids is 5. The second kappa shape index (κ2) is 15.6. The highest BCUT2D eigenvalue weighted by atomic mass is 35.5. The van der Waals surface area contributed by atoms with Crippen LogP contribution in [0.5, 0.6) is 5.75 Å². The first-order valence-electron chi connectivity index (χ1n) is 18.0. The van der Waals surface area contributed by atoms with Gasteiger partial charge in [0.05, 0.1) is 13.1 Å². The first-order chi connectivity index (χ1) is 25.2. The summed E-state index contributed by atoms with van der Waals surface area (Å²) in [5.41, 5.74) is 1.32. The average Bonchev–Trinajstić information content (AvgIpc) is 3.39. The number of alkyl carbamates (subject to hydrolysis) is 1. The highest BCUT2D eigenvalue weighted by Crippen LogP contribution is 2.45. The van der Waals surface area contributed by atoms with Crippen LogP contribution in [0.3, 0.4) is 0 Å². The fourth-order valence-corrected chi connectivity index (χ4v) is 7.25. The van der Waals surface area contributed by atoms with E-state index >= 15 is 0 Å². The maximum Gasteiger partial charge on any atom is 0.410 e. The zero-order valence-electron chi connectivity index (χ0n) is 30.0. The molecule has 2 aromatic rings. The number of nitrogens with zero attached hydrogens (tertiary/aromatic N) is 2. The summed E-state index contributed by atoms with van der Waals surface area (Å²) in [4.78, 5) is 76.8. The van der Waals surface area contributed by atoms with Crippen LogP contribution in [0, 0.1) is 11.7 Å². The molecule has 53 heavy (non-hydrogen) atoms. The van der Waals surface area contributed by atoms with Crippen molar-refractivity contribution < 1.29 is 42.7 Å². The van der Waals surface area contributed by atoms with Crippen LogP contribution in [0.25, 0.3) is 0 Å². The van der Waals surface area contributed by atoms with E-state index in [9.17, 15) is 28.4 Å². The van der Waals surface area contributed by atoms with E-state index in [-0.39, 0.29) is 44.8 Å². The van der Waals surface area contributed by atoms with Crippen molar-refractivity contribution in [2.45, 2.75) is 108 Å². The largest absolute Gasteiger partial charge is 0.444 e. The van der Waals surface area contributed by atoms with Crippen LogP contribution in [0.4, 0.5) is 14.0 Å². The summed E-state index contributed by atoms with van der Waals surface area (Å²) >= 11 is 6.07. The second-order valence-corrected chi connectivity index (χ2v) is 15.4. The number of hydrogen-bond acceptors (Lipinski definition) is 8. The molecule has 3 aliphatic heterocycles. The number of nitrogens with one attached hydrogen (secondary N) is 3. The standard InChI is InChI=1S/C38H45ClFN5O8/c1-37(2,3)52-35(49)41-30-16-8-6-4-5-7-12-24-19-38(24,34(48)43-53-26-14-10-13-25(39)17-26)42-32(46)31-18-27(21-45(31)33(30)47)51-36(50)44-20-23-11-9-15-29(40)28(23)22-44/h7,9-15,17,24,27,30-31H,4-6,8,16,18-22H2,1-3H3,(H,41,49)(H,42,46)(H,43,48)/t24-,27-,30+,31+,38-/m1/s1. The molecule has 2 fully saturated rings. The van der Waals surface area contributed by atoms with Crippen molar-refractivity contribution in [1.29, 1.82) is 0 Å². The van der Waals surface area contributed by atoms with Gasteiger partial charge in [0.1, 0.15) is 35.1 Å². The van der Waals surface area contributed by atoms with Crippen molar-refractivity contribution in [2.75, 3.05) is 6.54 Å². The van der Waals surface area contributed by atoms with Gasteiger partial charge < -0.3 is 29.8 Å². The molecule has 6 rings (SSSR count). The molecule has 1 aliphatic carbocycles. The van der Waals surface area contributed by atoms with Gasteiger partial charge >= 0.3 is 12.2 Å². The Hall–Kier alpha value is -4.85. The molecule has 3 N–H and O–H groups in total. The first kappa shape index (κ1) is 37.9. The summed E-state index contributed by atoms with van der Waals surface area (Å²) in [6, 6.07) is 8.92. The van der Waals surface area contributed by atoms with Gasteiger partial charge in [-0.3, -0.25) is 19.3 Å².